The van der Waals surface area contributed by atoms with E-state index < -0.39 is 0 Å². The zero-order chi connectivity index (χ0) is 19.6. The average molecular weight is 413 g/mol. The number of piperidine rings is 3. The minimum Gasteiger partial charge on any atom is -0.379 e. The SMILES string of the molecule is O=C(NC1CC2CCN1CC2)N1C=c2cc(C#CCN3CCOCC3)sc2=CC1. The van der Waals surface area contributed by atoms with E-state index in [-0.39, 0.29) is 12.2 Å². The molecule has 2 bridgehead atoms. The predicted octanol–water partition coefficient (Wildman–Crippen LogP) is 0.417. The monoisotopic (exact) mass is 412 g/mol. The molecule has 1 unspecified atom stereocenters. The summed E-state index contributed by atoms with van der Waals surface area (Å²) >= 11 is 1.71. The first-order valence-corrected chi connectivity index (χ1v) is 11.5. The molecular weight excluding hydrogens is 384 g/mol. The van der Waals surface area contributed by atoms with Gasteiger partial charge in [-0.15, -0.1) is 11.3 Å². The van der Waals surface area contributed by atoms with E-state index >= 15 is 0 Å². The standard InChI is InChI=1S/C22H28N4O2S/c27-22(23-21-14-17-3-7-25(21)8-4-17)26-9-5-20-18(16-26)15-19(29-20)2-1-6-24-10-12-28-13-11-24/h5,15-17,21H,3-4,6-14H2,(H,23,27). The fourth-order valence-electron chi connectivity index (χ4n) is 4.62. The van der Waals surface area contributed by atoms with Crippen molar-refractivity contribution in [3.63, 3.8) is 0 Å². The van der Waals surface area contributed by atoms with Crippen LogP contribution in [-0.4, -0.2) is 79.4 Å². The minimum atomic E-state index is 0.00982. The van der Waals surface area contributed by atoms with Crippen molar-refractivity contribution in [2.45, 2.75) is 25.4 Å². The van der Waals surface area contributed by atoms with Gasteiger partial charge in [0, 0.05) is 48.7 Å². The Bertz CT molecular complexity index is 932. The maximum Gasteiger partial charge on any atom is 0.322 e. The molecule has 2 amide bonds. The second-order valence-electron chi connectivity index (χ2n) is 8.29. The quantitative estimate of drug-likeness (QED) is 0.716. The zero-order valence-electron chi connectivity index (χ0n) is 16.7. The molecule has 0 aromatic carbocycles. The van der Waals surface area contributed by atoms with Crippen LogP contribution in [0, 0.1) is 17.8 Å². The normalized spacial score (nSPS) is 28.6. The van der Waals surface area contributed by atoms with Gasteiger partial charge >= 0.3 is 6.03 Å². The Hall–Kier alpha value is -1.85. The molecule has 6 rings (SSSR count). The predicted molar refractivity (Wildman–Crippen MR) is 115 cm³/mol. The summed E-state index contributed by atoms with van der Waals surface area (Å²) < 4.78 is 6.59. The summed E-state index contributed by atoms with van der Waals surface area (Å²) in [5, 5.41) is 4.34. The topological polar surface area (TPSA) is 48.1 Å². The second-order valence-corrected chi connectivity index (χ2v) is 9.37. The molecule has 4 saturated heterocycles. The van der Waals surface area contributed by atoms with Crippen LogP contribution in [0.2, 0.25) is 0 Å². The highest BCUT2D eigenvalue weighted by molar-refractivity contribution is 7.10. The fraction of sp³-hybridized carbons (Fsp3) is 0.591. The van der Waals surface area contributed by atoms with Crippen LogP contribution in [-0.2, 0) is 4.74 Å². The summed E-state index contributed by atoms with van der Waals surface area (Å²) in [5.41, 5.74) is 0. The summed E-state index contributed by atoms with van der Waals surface area (Å²) in [7, 11) is 0. The molecule has 7 heteroatoms. The van der Waals surface area contributed by atoms with E-state index in [1.54, 1.807) is 16.2 Å². The molecule has 6 nitrogen and oxygen atoms in total. The summed E-state index contributed by atoms with van der Waals surface area (Å²) in [5.74, 6) is 7.37. The van der Waals surface area contributed by atoms with Gasteiger partial charge in [-0.1, -0.05) is 11.8 Å². The van der Waals surface area contributed by atoms with E-state index in [0.717, 1.165) is 68.4 Å². The van der Waals surface area contributed by atoms with Gasteiger partial charge in [0.1, 0.15) is 0 Å². The van der Waals surface area contributed by atoms with E-state index in [9.17, 15) is 4.79 Å². The first kappa shape index (κ1) is 19.1. The fourth-order valence-corrected chi connectivity index (χ4v) is 5.56. The van der Waals surface area contributed by atoms with E-state index in [4.69, 9.17) is 4.74 Å². The summed E-state index contributed by atoms with van der Waals surface area (Å²) in [4.78, 5) is 20.4. The molecule has 1 N–H and O–H groups in total. The highest BCUT2D eigenvalue weighted by Gasteiger charge is 2.34. The lowest BCUT2D eigenvalue weighted by Gasteiger charge is -2.45. The maximum absolute atomic E-state index is 12.8. The molecule has 4 fully saturated rings. The Morgan fingerprint density at radius 1 is 1.24 bits per heavy atom. The summed E-state index contributed by atoms with van der Waals surface area (Å²) in [6, 6.07) is 2.12. The Morgan fingerprint density at radius 2 is 2.07 bits per heavy atom. The van der Waals surface area contributed by atoms with Crippen molar-refractivity contribution in [2.24, 2.45) is 5.92 Å². The molecule has 0 radical (unpaired) electrons. The van der Waals surface area contributed by atoms with Gasteiger partial charge in [0.25, 0.3) is 0 Å². The smallest absolute Gasteiger partial charge is 0.322 e. The highest BCUT2D eigenvalue weighted by Crippen LogP contribution is 2.30. The van der Waals surface area contributed by atoms with Gasteiger partial charge < -0.3 is 10.1 Å². The van der Waals surface area contributed by atoms with Gasteiger partial charge in [0.2, 0.25) is 0 Å². The second kappa shape index (κ2) is 8.49. The number of thiophene rings is 1. The van der Waals surface area contributed by atoms with Crippen molar-refractivity contribution in [3.8, 4) is 11.8 Å². The number of nitrogens with zero attached hydrogens (tertiary/aromatic N) is 3. The molecule has 1 aromatic heterocycles. The van der Waals surface area contributed by atoms with Gasteiger partial charge in [-0.2, -0.15) is 0 Å². The van der Waals surface area contributed by atoms with Crippen LogP contribution in [0.25, 0.3) is 12.3 Å². The summed E-state index contributed by atoms with van der Waals surface area (Å²) in [6.07, 6.45) is 7.97. The number of carbonyl (C=O) groups is 1. The number of urea groups is 1. The average Bonchev–Trinajstić information content (AvgIpc) is 3.17. The molecular formula is C22H28N4O2S. The van der Waals surface area contributed by atoms with Crippen molar-refractivity contribution in [2.75, 3.05) is 52.5 Å². The van der Waals surface area contributed by atoms with Gasteiger partial charge in [-0.25, -0.2) is 4.79 Å². The molecule has 1 aromatic rings. The highest BCUT2D eigenvalue weighted by atomic mass is 32.1. The zero-order valence-corrected chi connectivity index (χ0v) is 17.5. The minimum absolute atomic E-state index is 0.00982. The third-order valence-corrected chi connectivity index (χ3v) is 7.44. The van der Waals surface area contributed by atoms with Gasteiger partial charge in [0.15, 0.2) is 0 Å². The van der Waals surface area contributed by atoms with Crippen molar-refractivity contribution in [1.82, 2.24) is 20.0 Å². The van der Waals surface area contributed by atoms with Crippen LogP contribution in [0.5, 0.6) is 0 Å². The number of amides is 2. The van der Waals surface area contributed by atoms with Crippen LogP contribution in [0.3, 0.4) is 0 Å². The molecule has 5 aliphatic rings. The van der Waals surface area contributed by atoms with Crippen molar-refractivity contribution in [1.29, 1.82) is 0 Å². The Morgan fingerprint density at radius 3 is 2.83 bits per heavy atom. The molecule has 1 atom stereocenters. The number of nitrogens with one attached hydrogen (secondary N) is 1. The molecule has 0 saturated carbocycles. The third kappa shape index (κ3) is 4.36. The van der Waals surface area contributed by atoms with Crippen LogP contribution in [0.1, 0.15) is 24.1 Å². The molecule has 5 aliphatic heterocycles. The molecule has 0 spiro atoms. The van der Waals surface area contributed by atoms with Crippen molar-refractivity contribution < 1.29 is 9.53 Å². The molecule has 154 valence electrons. The number of hydrogen-bond donors (Lipinski definition) is 1. The van der Waals surface area contributed by atoms with Crippen LogP contribution in [0.4, 0.5) is 4.79 Å². The number of ether oxygens (including phenoxy) is 1. The van der Waals surface area contributed by atoms with Crippen LogP contribution < -0.4 is 15.1 Å². The summed E-state index contributed by atoms with van der Waals surface area (Å²) in [6.45, 7) is 7.16. The first-order chi connectivity index (χ1) is 14.2. The molecule has 0 aliphatic carbocycles. The maximum atomic E-state index is 12.8. The van der Waals surface area contributed by atoms with Crippen molar-refractivity contribution >= 4 is 29.6 Å². The van der Waals surface area contributed by atoms with Gasteiger partial charge in [0.05, 0.1) is 30.8 Å². The Labute approximate surface area is 175 Å². The lowest BCUT2D eigenvalue weighted by atomic mass is 9.86. The van der Waals surface area contributed by atoms with Crippen LogP contribution in [0.15, 0.2) is 6.07 Å². The first-order valence-electron chi connectivity index (χ1n) is 10.7. The number of morpholine rings is 1. The number of hydrogen-bond acceptors (Lipinski definition) is 5. The third-order valence-electron chi connectivity index (χ3n) is 6.37. The van der Waals surface area contributed by atoms with Crippen molar-refractivity contribution in [3.05, 3.63) is 20.7 Å². The number of carbonyl (C=O) groups excluding carboxylic acids is 1. The number of rotatable bonds is 2. The Balaban J connectivity index is 1.22. The van der Waals surface area contributed by atoms with Gasteiger partial charge in [-0.3, -0.25) is 14.7 Å². The van der Waals surface area contributed by atoms with E-state index in [2.05, 4.69) is 39.1 Å². The van der Waals surface area contributed by atoms with E-state index in [1.807, 2.05) is 6.20 Å². The molecule has 6 heterocycles. The number of fused-ring (bicyclic) bond motifs is 4. The van der Waals surface area contributed by atoms with E-state index in [0.29, 0.717) is 6.54 Å². The largest absolute Gasteiger partial charge is 0.379 e. The lowest BCUT2D eigenvalue weighted by molar-refractivity contribution is 0.0356. The molecule has 29 heavy (non-hydrogen) atoms. The van der Waals surface area contributed by atoms with Gasteiger partial charge in [-0.05, 0) is 37.3 Å². The lowest BCUT2D eigenvalue weighted by Crippen LogP contribution is -2.58. The van der Waals surface area contributed by atoms with Crippen LogP contribution >= 0.6 is 11.3 Å². The van der Waals surface area contributed by atoms with E-state index in [1.165, 1.54) is 17.4 Å². The Kier molecular flexibility index (Phi) is 5.60.